The lowest BCUT2D eigenvalue weighted by Gasteiger charge is -2.26. The predicted molar refractivity (Wildman–Crippen MR) is 92.6 cm³/mol. The first-order chi connectivity index (χ1) is 11.1. The second-order valence-corrected chi connectivity index (χ2v) is 8.33. The van der Waals surface area contributed by atoms with Crippen molar-refractivity contribution >= 4 is 32.9 Å². The highest BCUT2D eigenvalue weighted by molar-refractivity contribution is 7.90. The van der Waals surface area contributed by atoms with Gasteiger partial charge in [-0.1, -0.05) is 18.2 Å². The maximum absolute atomic E-state index is 12.3. The molecule has 5 nitrogen and oxygen atoms in total. The highest BCUT2D eigenvalue weighted by atomic mass is 32.2. The van der Waals surface area contributed by atoms with E-state index in [9.17, 15) is 8.42 Å². The minimum absolute atomic E-state index is 0.250. The highest BCUT2D eigenvalue weighted by Crippen LogP contribution is 2.35. The molecule has 4 rings (SSSR count). The van der Waals surface area contributed by atoms with Crippen LogP contribution in [0.15, 0.2) is 51.1 Å². The number of fused-ring (bicyclic) bond motifs is 1. The summed E-state index contributed by atoms with van der Waals surface area (Å²) in [7, 11) is -3.60. The molecule has 0 saturated carbocycles. The third kappa shape index (κ3) is 2.80. The van der Waals surface area contributed by atoms with Crippen LogP contribution >= 0.6 is 11.3 Å². The molecule has 3 heterocycles. The van der Waals surface area contributed by atoms with Gasteiger partial charge in [0.15, 0.2) is 0 Å². The Morgan fingerprint density at radius 2 is 2.13 bits per heavy atom. The van der Waals surface area contributed by atoms with E-state index in [1.165, 1.54) is 4.88 Å². The molecule has 23 heavy (non-hydrogen) atoms. The summed E-state index contributed by atoms with van der Waals surface area (Å²) in [5.74, 6) is 0.507. The number of likely N-dealkylation sites (tertiary alicyclic amines) is 1. The van der Waals surface area contributed by atoms with Gasteiger partial charge < -0.3 is 5.32 Å². The van der Waals surface area contributed by atoms with Crippen LogP contribution in [0, 0.1) is 0 Å². The Morgan fingerprint density at radius 3 is 2.96 bits per heavy atom. The molecule has 0 spiro atoms. The molecule has 7 heteroatoms. The normalized spacial score (nSPS) is 23.1. The van der Waals surface area contributed by atoms with Crippen LogP contribution in [-0.2, 0) is 10.0 Å². The van der Waals surface area contributed by atoms with Crippen molar-refractivity contribution in [1.82, 2.24) is 4.90 Å². The number of para-hydroxylation sites is 1. The lowest BCUT2D eigenvalue weighted by Crippen LogP contribution is -2.35. The van der Waals surface area contributed by atoms with E-state index in [0.717, 1.165) is 19.4 Å². The minimum atomic E-state index is -3.60. The van der Waals surface area contributed by atoms with Crippen LogP contribution in [-0.4, -0.2) is 32.2 Å². The van der Waals surface area contributed by atoms with E-state index in [2.05, 4.69) is 32.1 Å². The molecule has 1 aromatic heterocycles. The quantitative estimate of drug-likeness (QED) is 0.927. The summed E-state index contributed by atoms with van der Waals surface area (Å²) in [6.07, 6.45) is 2.23. The van der Waals surface area contributed by atoms with Crippen molar-refractivity contribution in [2.24, 2.45) is 4.40 Å². The standard InChI is InChI=1S/C16H17N3O2S2/c20-23(21)15-8-2-1-5-12(15)17-16(18-23)11-19-9-3-6-13(19)14-7-4-10-22-14/h1-2,4-5,7-8,10,13H,3,6,9,11H2,(H,17,18)/t13-/m0/s1. The molecule has 2 aliphatic heterocycles. The summed E-state index contributed by atoms with van der Waals surface area (Å²) in [5, 5.41) is 5.26. The van der Waals surface area contributed by atoms with Crippen LogP contribution in [0.4, 0.5) is 5.69 Å². The molecule has 1 saturated heterocycles. The molecular weight excluding hydrogens is 330 g/mol. The molecule has 0 amide bonds. The number of hydrogen-bond acceptors (Lipinski definition) is 5. The molecule has 1 atom stereocenters. The number of sulfonamides is 1. The molecule has 1 fully saturated rings. The third-order valence-corrected chi connectivity index (χ3v) is 6.61. The van der Waals surface area contributed by atoms with Crippen molar-refractivity contribution in [3.63, 3.8) is 0 Å². The SMILES string of the molecule is O=S1(=O)N=C(CN2CCC[C@H]2c2cccs2)Nc2ccccc21. The fraction of sp³-hybridized carbons (Fsp3) is 0.312. The summed E-state index contributed by atoms with van der Waals surface area (Å²) < 4.78 is 28.6. The van der Waals surface area contributed by atoms with Crippen molar-refractivity contribution in [2.75, 3.05) is 18.4 Å². The lowest BCUT2D eigenvalue weighted by atomic mass is 10.2. The van der Waals surface area contributed by atoms with Crippen molar-refractivity contribution in [2.45, 2.75) is 23.8 Å². The molecule has 0 unspecified atom stereocenters. The smallest absolute Gasteiger partial charge is 0.286 e. The summed E-state index contributed by atoms with van der Waals surface area (Å²) in [6, 6.07) is 11.5. The topological polar surface area (TPSA) is 61.8 Å². The minimum Gasteiger partial charge on any atom is -0.341 e. The fourth-order valence-corrected chi connectivity index (χ4v) is 5.28. The van der Waals surface area contributed by atoms with Gasteiger partial charge in [-0.2, -0.15) is 8.42 Å². The Balaban J connectivity index is 1.59. The van der Waals surface area contributed by atoms with Crippen molar-refractivity contribution in [1.29, 1.82) is 0 Å². The Kier molecular flexibility index (Phi) is 3.71. The van der Waals surface area contributed by atoms with E-state index < -0.39 is 10.0 Å². The number of nitrogens with zero attached hydrogens (tertiary/aromatic N) is 2. The van der Waals surface area contributed by atoms with Gasteiger partial charge in [-0.05, 0) is 43.0 Å². The first-order valence-electron chi connectivity index (χ1n) is 7.61. The average Bonchev–Trinajstić information content (AvgIpc) is 3.17. The van der Waals surface area contributed by atoms with E-state index in [-0.39, 0.29) is 4.90 Å². The second-order valence-electron chi connectivity index (χ2n) is 5.78. The van der Waals surface area contributed by atoms with Crippen LogP contribution in [0.25, 0.3) is 0 Å². The van der Waals surface area contributed by atoms with E-state index in [0.29, 0.717) is 24.1 Å². The number of nitrogens with one attached hydrogen (secondary N) is 1. The number of rotatable bonds is 3. The Labute approximate surface area is 139 Å². The number of thiophene rings is 1. The number of hydrogen-bond donors (Lipinski definition) is 1. The van der Waals surface area contributed by atoms with Crippen LogP contribution < -0.4 is 5.32 Å². The number of amidine groups is 1. The number of anilines is 1. The van der Waals surface area contributed by atoms with Gasteiger partial charge in [0.2, 0.25) is 0 Å². The lowest BCUT2D eigenvalue weighted by molar-refractivity contribution is 0.298. The maximum Gasteiger partial charge on any atom is 0.286 e. The zero-order valence-corrected chi connectivity index (χ0v) is 14.1. The van der Waals surface area contributed by atoms with Crippen LogP contribution in [0.3, 0.4) is 0 Å². The Morgan fingerprint density at radius 1 is 1.26 bits per heavy atom. The summed E-state index contributed by atoms with van der Waals surface area (Å²) in [4.78, 5) is 3.89. The molecule has 120 valence electrons. The average molecular weight is 347 g/mol. The van der Waals surface area contributed by atoms with Crippen LogP contribution in [0.5, 0.6) is 0 Å². The van der Waals surface area contributed by atoms with Crippen LogP contribution in [0.2, 0.25) is 0 Å². The zero-order chi connectivity index (χ0) is 15.9. The molecule has 2 aromatic rings. The van der Waals surface area contributed by atoms with Crippen molar-refractivity contribution in [3.8, 4) is 0 Å². The first kappa shape index (κ1) is 14.9. The predicted octanol–water partition coefficient (Wildman–Crippen LogP) is 3.10. The molecule has 0 aliphatic carbocycles. The van der Waals surface area contributed by atoms with Gasteiger partial charge in [0.1, 0.15) is 10.7 Å². The van der Waals surface area contributed by atoms with Crippen molar-refractivity contribution in [3.05, 3.63) is 46.7 Å². The molecule has 0 radical (unpaired) electrons. The Bertz CT molecular complexity index is 844. The van der Waals surface area contributed by atoms with Gasteiger partial charge in [0.25, 0.3) is 10.0 Å². The summed E-state index contributed by atoms with van der Waals surface area (Å²) in [5.41, 5.74) is 0.615. The largest absolute Gasteiger partial charge is 0.341 e. The first-order valence-corrected chi connectivity index (χ1v) is 9.93. The third-order valence-electron chi connectivity index (χ3n) is 4.26. The summed E-state index contributed by atoms with van der Waals surface area (Å²) in [6.45, 7) is 1.49. The zero-order valence-electron chi connectivity index (χ0n) is 12.5. The maximum atomic E-state index is 12.3. The Hall–Kier alpha value is -1.70. The van der Waals surface area contributed by atoms with Gasteiger partial charge in [-0.15, -0.1) is 15.7 Å². The molecule has 1 N–H and O–H groups in total. The van der Waals surface area contributed by atoms with Crippen LogP contribution in [0.1, 0.15) is 23.8 Å². The van der Waals surface area contributed by atoms with Gasteiger partial charge in [-0.25, -0.2) is 0 Å². The fourth-order valence-electron chi connectivity index (χ4n) is 3.25. The van der Waals surface area contributed by atoms with Gasteiger partial charge >= 0.3 is 0 Å². The van der Waals surface area contributed by atoms with Gasteiger partial charge in [0.05, 0.1) is 12.2 Å². The van der Waals surface area contributed by atoms with Gasteiger partial charge in [-0.3, -0.25) is 4.90 Å². The van der Waals surface area contributed by atoms with E-state index >= 15 is 0 Å². The molecule has 1 aromatic carbocycles. The number of benzene rings is 1. The second kappa shape index (κ2) is 5.74. The van der Waals surface area contributed by atoms with E-state index in [4.69, 9.17) is 0 Å². The van der Waals surface area contributed by atoms with Crippen molar-refractivity contribution < 1.29 is 8.42 Å². The van der Waals surface area contributed by atoms with E-state index in [1.54, 1.807) is 29.5 Å². The highest BCUT2D eigenvalue weighted by Gasteiger charge is 2.30. The molecular formula is C16H17N3O2S2. The monoisotopic (exact) mass is 347 g/mol. The van der Waals surface area contributed by atoms with E-state index in [1.807, 2.05) is 6.07 Å². The summed E-state index contributed by atoms with van der Waals surface area (Å²) >= 11 is 1.75. The molecule has 2 aliphatic rings. The van der Waals surface area contributed by atoms with Gasteiger partial charge in [0, 0.05) is 10.9 Å². The molecule has 0 bridgehead atoms.